The summed E-state index contributed by atoms with van der Waals surface area (Å²) in [6, 6.07) is 0.696. The van der Waals surface area contributed by atoms with Gasteiger partial charge in [0.25, 0.3) is 0 Å². The van der Waals surface area contributed by atoms with Gasteiger partial charge in [-0.3, -0.25) is 0 Å². The quantitative estimate of drug-likeness (QED) is 0.494. The SMILES string of the molecule is CCCCC(CC)CC(CCCOC)NCCC. The van der Waals surface area contributed by atoms with Crippen molar-refractivity contribution in [1.29, 1.82) is 0 Å². The van der Waals surface area contributed by atoms with E-state index in [0.717, 1.165) is 19.1 Å². The van der Waals surface area contributed by atoms with Crippen LogP contribution in [-0.4, -0.2) is 26.3 Å². The van der Waals surface area contributed by atoms with Crippen molar-refractivity contribution < 1.29 is 4.74 Å². The lowest BCUT2D eigenvalue weighted by Crippen LogP contribution is -2.32. The Morgan fingerprint density at radius 1 is 1.00 bits per heavy atom. The largest absolute Gasteiger partial charge is 0.385 e. The van der Waals surface area contributed by atoms with Crippen LogP contribution in [0.5, 0.6) is 0 Å². The third kappa shape index (κ3) is 9.90. The van der Waals surface area contributed by atoms with E-state index in [-0.39, 0.29) is 0 Å². The Kier molecular flexibility index (Phi) is 13.3. The van der Waals surface area contributed by atoms with Gasteiger partial charge in [0.1, 0.15) is 0 Å². The normalized spacial score (nSPS) is 14.7. The molecule has 0 aliphatic heterocycles. The van der Waals surface area contributed by atoms with Crippen LogP contribution >= 0.6 is 0 Å². The van der Waals surface area contributed by atoms with Gasteiger partial charge in [-0.1, -0.05) is 46.5 Å². The molecule has 2 unspecified atom stereocenters. The summed E-state index contributed by atoms with van der Waals surface area (Å²) in [5.74, 6) is 0.904. The van der Waals surface area contributed by atoms with Gasteiger partial charge in [0.2, 0.25) is 0 Å². The van der Waals surface area contributed by atoms with Crippen LogP contribution in [0.3, 0.4) is 0 Å². The molecule has 0 rings (SSSR count). The van der Waals surface area contributed by atoms with Gasteiger partial charge in [-0.2, -0.15) is 0 Å². The van der Waals surface area contributed by atoms with E-state index in [1.165, 1.54) is 51.4 Å². The molecule has 0 aromatic heterocycles. The molecule has 0 saturated heterocycles. The molecule has 0 spiro atoms. The molecular weight excluding hydrogens is 222 g/mol. The van der Waals surface area contributed by atoms with Gasteiger partial charge < -0.3 is 10.1 Å². The van der Waals surface area contributed by atoms with Gasteiger partial charge in [0.05, 0.1) is 0 Å². The van der Waals surface area contributed by atoms with Crippen molar-refractivity contribution in [2.75, 3.05) is 20.3 Å². The first-order valence-corrected chi connectivity index (χ1v) is 8.00. The highest BCUT2D eigenvalue weighted by atomic mass is 16.5. The van der Waals surface area contributed by atoms with Crippen molar-refractivity contribution in [2.24, 2.45) is 5.92 Å². The zero-order valence-electron chi connectivity index (χ0n) is 13.1. The maximum Gasteiger partial charge on any atom is 0.0462 e. The van der Waals surface area contributed by atoms with Gasteiger partial charge in [-0.25, -0.2) is 0 Å². The van der Waals surface area contributed by atoms with Crippen LogP contribution in [0.1, 0.15) is 72.1 Å². The molecule has 0 aromatic carbocycles. The summed E-state index contributed by atoms with van der Waals surface area (Å²) in [5, 5.41) is 3.71. The molecule has 2 nitrogen and oxygen atoms in total. The molecule has 0 aliphatic rings. The average molecular weight is 257 g/mol. The summed E-state index contributed by atoms with van der Waals surface area (Å²) in [7, 11) is 1.80. The summed E-state index contributed by atoms with van der Waals surface area (Å²) >= 11 is 0. The maximum absolute atomic E-state index is 5.17. The van der Waals surface area contributed by atoms with Gasteiger partial charge in [0.15, 0.2) is 0 Å². The van der Waals surface area contributed by atoms with Crippen LogP contribution in [0.25, 0.3) is 0 Å². The zero-order chi connectivity index (χ0) is 13.6. The molecule has 0 saturated carbocycles. The average Bonchev–Trinajstić information content (AvgIpc) is 2.40. The first-order valence-electron chi connectivity index (χ1n) is 8.00. The highest BCUT2D eigenvalue weighted by Gasteiger charge is 2.14. The summed E-state index contributed by atoms with van der Waals surface area (Å²) in [5.41, 5.74) is 0. The zero-order valence-corrected chi connectivity index (χ0v) is 13.1. The topological polar surface area (TPSA) is 21.3 Å². The van der Waals surface area contributed by atoms with Gasteiger partial charge >= 0.3 is 0 Å². The van der Waals surface area contributed by atoms with E-state index in [9.17, 15) is 0 Å². The van der Waals surface area contributed by atoms with Crippen LogP contribution in [-0.2, 0) is 4.74 Å². The van der Waals surface area contributed by atoms with E-state index < -0.39 is 0 Å². The second-order valence-corrected chi connectivity index (χ2v) is 5.44. The minimum atomic E-state index is 0.696. The Morgan fingerprint density at radius 2 is 1.78 bits per heavy atom. The summed E-state index contributed by atoms with van der Waals surface area (Å²) in [6.07, 6.45) is 10.5. The molecule has 2 heteroatoms. The number of hydrogen-bond donors (Lipinski definition) is 1. The number of methoxy groups -OCH3 is 1. The maximum atomic E-state index is 5.17. The lowest BCUT2D eigenvalue weighted by atomic mass is 9.90. The third-order valence-electron chi connectivity index (χ3n) is 3.75. The monoisotopic (exact) mass is 257 g/mol. The summed E-state index contributed by atoms with van der Waals surface area (Å²) in [6.45, 7) is 8.93. The van der Waals surface area contributed by atoms with Crippen LogP contribution < -0.4 is 5.32 Å². The molecule has 0 radical (unpaired) electrons. The molecule has 0 fully saturated rings. The van der Waals surface area contributed by atoms with Gasteiger partial charge in [-0.05, 0) is 38.1 Å². The van der Waals surface area contributed by atoms with Crippen LogP contribution in [0, 0.1) is 5.92 Å². The van der Waals surface area contributed by atoms with E-state index in [1.807, 2.05) is 0 Å². The van der Waals surface area contributed by atoms with Crippen LogP contribution in [0.2, 0.25) is 0 Å². The van der Waals surface area contributed by atoms with Crippen molar-refractivity contribution in [1.82, 2.24) is 5.32 Å². The number of nitrogens with one attached hydrogen (secondary N) is 1. The van der Waals surface area contributed by atoms with Crippen molar-refractivity contribution in [3.8, 4) is 0 Å². The Balaban J connectivity index is 3.99. The molecule has 0 bridgehead atoms. The number of hydrogen-bond acceptors (Lipinski definition) is 2. The Morgan fingerprint density at radius 3 is 2.33 bits per heavy atom. The van der Waals surface area contributed by atoms with E-state index in [1.54, 1.807) is 7.11 Å². The standard InChI is InChI=1S/C16H35NO/c1-5-8-10-15(7-3)14-16(17-12-6-2)11-9-13-18-4/h15-17H,5-14H2,1-4H3. The van der Waals surface area contributed by atoms with Crippen LogP contribution in [0.4, 0.5) is 0 Å². The molecule has 0 aromatic rings. The minimum absolute atomic E-state index is 0.696. The third-order valence-corrected chi connectivity index (χ3v) is 3.75. The lowest BCUT2D eigenvalue weighted by Gasteiger charge is -2.24. The van der Waals surface area contributed by atoms with Crippen molar-refractivity contribution in [3.05, 3.63) is 0 Å². The van der Waals surface area contributed by atoms with Gasteiger partial charge in [-0.15, -0.1) is 0 Å². The van der Waals surface area contributed by atoms with E-state index >= 15 is 0 Å². The number of unbranched alkanes of at least 4 members (excludes halogenated alkanes) is 1. The second kappa shape index (κ2) is 13.4. The first-order chi connectivity index (χ1) is 8.78. The van der Waals surface area contributed by atoms with E-state index in [2.05, 4.69) is 26.1 Å². The fourth-order valence-corrected chi connectivity index (χ4v) is 2.51. The Bertz CT molecular complexity index is 161. The molecule has 1 N–H and O–H groups in total. The lowest BCUT2D eigenvalue weighted by molar-refractivity contribution is 0.186. The van der Waals surface area contributed by atoms with E-state index in [4.69, 9.17) is 4.74 Å². The molecule has 0 aliphatic carbocycles. The second-order valence-electron chi connectivity index (χ2n) is 5.44. The Labute approximate surface area is 115 Å². The molecule has 18 heavy (non-hydrogen) atoms. The smallest absolute Gasteiger partial charge is 0.0462 e. The van der Waals surface area contributed by atoms with Gasteiger partial charge in [0, 0.05) is 19.8 Å². The molecule has 2 atom stereocenters. The highest BCUT2D eigenvalue weighted by Crippen LogP contribution is 2.20. The predicted octanol–water partition coefficient (Wildman–Crippen LogP) is 4.39. The fourth-order valence-electron chi connectivity index (χ4n) is 2.51. The molecule has 110 valence electrons. The predicted molar refractivity (Wildman–Crippen MR) is 81.1 cm³/mol. The van der Waals surface area contributed by atoms with E-state index in [0.29, 0.717) is 6.04 Å². The first kappa shape index (κ1) is 17.9. The van der Waals surface area contributed by atoms with Crippen LogP contribution in [0.15, 0.2) is 0 Å². The molecule has 0 heterocycles. The number of ether oxygens (including phenoxy) is 1. The molecule has 0 amide bonds. The Hall–Kier alpha value is -0.0800. The highest BCUT2D eigenvalue weighted by molar-refractivity contribution is 4.71. The summed E-state index contributed by atoms with van der Waals surface area (Å²) < 4.78 is 5.17. The summed E-state index contributed by atoms with van der Waals surface area (Å²) in [4.78, 5) is 0. The van der Waals surface area contributed by atoms with Crippen molar-refractivity contribution in [3.63, 3.8) is 0 Å². The number of rotatable bonds is 13. The molecular formula is C16H35NO. The van der Waals surface area contributed by atoms with Crippen molar-refractivity contribution in [2.45, 2.75) is 78.2 Å². The fraction of sp³-hybridized carbons (Fsp3) is 1.00. The van der Waals surface area contributed by atoms with Crippen molar-refractivity contribution >= 4 is 0 Å². The minimum Gasteiger partial charge on any atom is -0.385 e.